The molecule has 0 bridgehead atoms. The fourth-order valence-corrected chi connectivity index (χ4v) is 2.62. The van der Waals surface area contributed by atoms with Crippen LogP contribution in [0.15, 0.2) is 30.3 Å². The van der Waals surface area contributed by atoms with Crippen molar-refractivity contribution in [3.8, 4) is 0 Å². The Kier molecular flexibility index (Phi) is 3.37. The zero-order valence-electron chi connectivity index (χ0n) is 7.38. The third-order valence-electron chi connectivity index (χ3n) is 1.85. The third-order valence-corrected chi connectivity index (χ3v) is 4.35. The minimum Gasteiger partial charge on any atom is -0.0669 e. The summed E-state index contributed by atoms with van der Waals surface area (Å²) in [4.78, 5) is 0. The van der Waals surface area contributed by atoms with Crippen LogP contribution in [-0.4, -0.2) is 9.52 Å². The maximum atomic E-state index is 2.30. The Morgan fingerprint density at radius 3 is 2.36 bits per heavy atom. The molecule has 0 heterocycles. The van der Waals surface area contributed by atoms with Gasteiger partial charge in [0.25, 0.3) is 0 Å². The highest BCUT2D eigenvalue weighted by Gasteiger charge is 1.95. The van der Waals surface area contributed by atoms with Crippen LogP contribution in [0.1, 0.15) is 13.8 Å². The molecule has 1 aromatic rings. The lowest BCUT2D eigenvalue weighted by atomic mass is 10.3. The molecule has 1 aromatic carbocycles. The Bertz CT molecular complexity index is 191. The average molecular weight is 164 g/mol. The quantitative estimate of drug-likeness (QED) is 0.595. The molecule has 0 nitrogen and oxygen atoms in total. The molecule has 0 N–H and O–H groups in total. The predicted molar refractivity (Wildman–Crippen MR) is 54.3 cm³/mol. The van der Waals surface area contributed by atoms with E-state index in [0.29, 0.717) is 0 Å². The highest BCUT2D eigenvalue weighted by molar-refractivity contribution is 6.53. The van der Waals surface area contributed by atoms with Crippen molar-refractivity contribution < 1.29 is 0 Å². The summed E-state index contributed by atoms with van der Waals surface area (Å²) in [6, 6.07) is 12.3. The molecule has 0 spiro atoms. The van der Waals surface area contributed by atoms with E-state index in [1.165, 1.54) is 6.04 Å². The number of hydrogen-bond donors (Lipinski definition) is 0. The molecular weight excluding hydrogens is 148 g/mol. The molecular formula is C10H16Si. The first-order valence-corrected chi connectivity index (χ1v) is 6.03. The molecule has 0 aliphatic rings. The summed E-state index contributed by atoms with van der Waals surface area (Å²) in [6.45, 7) is 4.60. The third kappa shape index (κ3) is 3.37. The molecule has 0 aromatic heterocycles. The molecule has 11 heavy (non-hydrogen) atoms. The summed E-state index contributed by atoms with van der Waals surface area (Å²) in [7, 11) is 0.0411. The van der Waals surface area contributed by atoms with Gasteiger partial charge in [-0.3, -0.25) is 0 Å². The van der Waals surface area contributed by atoms with Gasteiger partial charge in [0.1, 0.15) is 0 Å². The highest BCUT2D eigenvalue weighted by atomic mass is 28.2. The van der Waals surface area contributed by atoms with Crippen molar-refractivity contribution in [2.24, 2.45) is 5.92 Å². The van der Waals surface area contributed by atoms with Crippen LogP contribution in [0.5, 0.6) is 0 Å². The first-order valence-electron chi connectivity index (χ1n) is 4.33. The molecule has 0 radical (unpaired) electrons. The Morgan fingerprint density at radius 1 is 1.18 bits per heavy atom. The lowest BCUT2D eigenvalue weighted by Crippen LogP contribution is -2.14. The van der Waals surface area contributed by atoms with E-state index in [2.05, 4.69) is 44.2 Å². The SMILES string of the molecule is CC(C)C[SiH2]c1ccccc1. The second kappa shape index (κ2) is 4.34. The fourth-order valence-electron chi connectivity index (χ4n) is 1.10. The van der Waals surface area contributed by atoms with E-state index in [1.807, 2.05) is 0 Å². The van der Waals surface area contributed by atoms with E-state index in [1.54, 1.807) is 5.19 Å². The predicted octanol–water partition coefficient (Wildman–Crippen LogP) is 1.55. The van der Waals surface area contributed by atoms with E-state index in [9.17, 15) is 0 Å². The van der Waals surface area contributed by atoms with Crippen LogP contribution in [0.4, 0.5) is 0 Å². The summed E-state index contributed by atoms with van der Waals surface area (Å²) in [5, 5.41) is 1.60. The van der Waals surface area contributed by atoms with Crippen molar-refractivity contribution in [3.63, 3.8) is 0 Å². The minimum atomic E-state index is 0.0411. The van der Waals surface area contributed by atoms with Gasteiger partial charge in [0.2, 0.25) is 0 Å². The van der Waals surface area contributed by atoms with Gasteiger partial charge in [-0.2, -0.15) is 0 Å². The molecule has 0 atom stereocenters. The van der Waals surface area contributed by atoms with Crippen molar-refractivity contribution in [1.82, 2.24) is 0 Å². The minimum absolute atomic E-state index is 0.0411. The molecule has 0 amide bonds. The lowest BCUT2D eigenvalue weighted by molar-refractivity contribution is 0.732. The van der Waals surface area contributed by atoms with Gasteiger partial charge in [0.15, 0.2) is 0 Å². The summed E-state index contributed by atoms with van der Waals surface area (Å²) in [5.41, 5.74) is 0. The summed E-state index contributed by atoms with van der Waals surface area (Å²) < 4.78 is 0. The number of rotatable bonds is 3. The second-order valence-electron chi connectivity index (χ2n) is 3.42. The monoisotopic (exact) mass is 164 g/mol. The standard InChI is InChI=1S/C10H16Si/c1-9(2)8-11-10-6-4-3-5-7-10/h3-7,9H,8,11H2,1-2H3. The summed E-state index contributed by atoms with van der Waals surface area (Å²) in [5.74, 6) is 0.877. The molecule has 0 fully saturated rings. The van der Waals surface area contributed by atoms with E-state index < -0.39 is 0 Å². The van der Waals surface area contributed by atoms with Gasteiger partial charge in [-0.15, -0.1) is 0 Å². The van der Waals surface area contributed by atoms with Crippen LogP contribution in [0, 0.1) is 5.92 Å². The zero-order valence-corrected chi connectivity index (χ0v) is 8.79. The van der Waals surface area contributed by atoms with E-state index in [4.69, 9.17) is 0 Å². The Hall–Kier alpha value is -0.563. The fraction of sp³-hybridized carbons (Fsp3) is 0.400. The second-order valence-corrected chi connectivity index (χ2v) is 5.31. The van der Waals surface area contributed by atoms with Gasteiger partial charge in [-0.25, -0.2) is 0 Å². The van der Waals surface area contributed by atoms with Gasteiger partial charge in [0.05, 0.1) is 9.52 Å². The normalized spacial score (nSPS) is 11.5. The zero-order chi connectivity index (χ0) is 8.10. The van der Waals surface area contributed by atoms with Crippen molar-refractivity contribution in [3.05, 3.63) is 30.3 Å². The number of benzene rings is 1. The van der Waals surface area contributed by atoms with Gasteiger partial charge < -0.3 is 0 Å². The molecule has 0 aliphatic heterocycles. The number of hydrogen-bond acceptors (Lipinski definition) is 0. The Balaban J connectivity index is 2.39. The van der Waals surface area contributed by atoms with Crippen molar-refractivity contribution in [2.45, 2.75) is 19.9 Å². The maximum Gasteiger partial charge on any atom is 0.0550 e. The van der Waals surface area contributed by atoms with Crippen molar-refractivity contribution in [1.29, 1.82) is 0 Å². The van der Waals surface area contributed by atoms with Gasteiger partial charge >= 0.3 is 0 Å². The molecule has 1 rings (SSSR count). The Morgan fingerprint density at radius 2 is 1.82 bits per heavy atom. The molecule has 0 saturated heterocycles. The smallest absolute Gasteiger partial charge is 0.0550 e. The molecule has 0 unspecified atom stereocenters. The van der Waals surface area contributed by atoms with Gasteiger partial charge in [0, 0.05) is 0 Å². The molecule has 60 valence electrons. The molecule has 1 heteroatoms. The molecule has 0 aliphatic carbocycles. The van der Waals surface area contributed by atoms with Crippen LogP contribution >= 0.6 is 0 Å². The topological polar surface area (TPSA) is 0 Å². The summed E-state index contributed by atoms with van der Waals surface area (Å²) >= 11 is 0. The van der Waals surface area contributed by atoms with E-state index in [0.717, 1.165) is 5.92 Å². The Labute approximate surface area is 71.5 Å². The van der Waals surface area contributed by atoms with Crippen LogP contribution in [0.2, 0.25) is 6.04 Å². The van der Waals surface area contributed by atoms with Gasteiger partial charge in [-0.1, -0.05) is 55.4 Å². The van der Waals surface area contributed by atoms with Crippen molar-refractivity contribution in [2.75, 3.05) is 0 Å². The largest absolute Gasteiger partial charge is 0.0669 e. The van der Waals surface area contributed by atoms with E-state index >= 15 is 0 Å². The van der Waals surface area contributed by atoms with Crippen LogP contribution in [0.3, 0.4) is 0 Å². The summed E-state index contributed by atoms with van der Waals surface area (Å²) in [6.07, 6.45) is 0. The highest BCUT2D eigenvalue weighted by Crippen LogP contribution is 1.98. The van der Waals surface area contributed by atoms with Crippen molar-refractivity contribution >= 4 is 14.7 Å². The van der Waals surface area contributed by atoms with Crippen LogP contribution < -0.4 is 5.19 Å². The first kappa shape index (κ1) is 8.53. The molecule has 0 saturated carbocycles. The lowest BCUT2D eigenvalue weighted by Gasteiger charge is -2.02. The first-order chi connectivity index (χ1) is 5.29. The van der Waals surface area contributed by atoms with Crippen LogP contribution in [0.25, 0.3) is 0 Å². The van der Waals surface area contributed by atoms with E-state index in [-0.39, 0.29) is 9.52 Å². The van der Waals surface area contributed by atoms with Crippen LogP contribution in [-0.2, 0) is 0 Å². The van der Waals surface area contributed by atoms with Gasteiger partial charge in [-0.05, 0) is 5.92 Å². The maximum absolute atomic E-state index is 2.30. The average Bonchev–Trinajstić information content (AvgIpc) is 2.03.